The van der Waals surface area contributed by atoms with E-state index in [1.807, 2.05) is 6.92 Å². The molecular formula is C8H14F3NO. The van der Waals surface area contributed by atoms with Crippen molar-refractivity contribution in [1.29, 1.82) is 0 Å². The summed E-state index contributed by atoms with van der Waals surface area (Å²) in [7, 11) is 0. The first kappa shape index (κ1) is 10.8. The SMILES string of the molecule is CC1CC(CO)(NCC(F)(F)F)C1. The summed E-state index contributed by atoms with van der Waals surface area (Å²) in [5, 5.41) is 11.3. The topological polar surface area (TPSA) is 32.3 Å². The highest BCUT2D eigenvalue weighted by Gasteiger charge is 2.43. The zero-order valence-corrected chi connectivity index (χ0v) is 7.49. The third kappa shape index (κ3) is 2.84. The summed E-state index contributed by atoms with van der Waals surface area (Å²) in [6.45, 7) is 0.733. The van der Waals surface area contributed by atoms with Crippen LogP contribution in [0, 0.1) is 5.92 Å². The van der Waals surface area contributed by atoms with Crippen LogP contribution >= 0.6 is 0 Å². The van der Waals surface area contributed by atoms with Crippen molar-refractivity contribution in [1.82, 2.24) is 5.32 Å². The molecule has 0 amide bonds. The molecule has 0 spiro atoms. The van der Waals surface area contributed by atoms with Crippen molar-refractivity contribution < 1.29 is 18.3 Å². The molecule has 0 atom stereocenters. The van der Waals surface area contributed by atoms with Gasteiger partial charge in [-0.3, -0.25) is 0 Å². The molecule has 2 nitrogen and oxygen atoms in total. The lowest BCUT2D eigenvalue weighted by Gasteiger charge is -2.46. The predicted molar refractivity (Wildman–Crippen MR) is 42.3 cm³/mol. The molecule has 1 aliphatic carbocycles. The van der Waals surface area contributed by atoms with Crippen LogP contribution < -0.4 is 5.32 Å². The van der Waals surface area contributed by atoms with Gasteiger partial charge in [-0.2, -0.15) is 13.2 Å². The van der Waals surface area contributed by atoms with Crippen molar-refractivity contribution in [2.24, 2.45) is 5.92 Å². The average Bonchev–Trinajstić information content (AvgIpc) is 1.94. The predicted octanol–water partition coefficient (Wildman–Crippen LogP) is 1.30. The first-order chi connectivity index (χ1) is 5.87. The Bertz CT molecular complexity index is 175. The normalized spacial score (nSPS) is 34.4. The van der Waals surface area contributed by atoms with Gasteiger partial charge in [0.2, 0.25) is 0 Å². The third-order valence-corrected chi connectivity index (χ3v) is 2.44. The van der Waals surface area contributed by atoms with Crippen molar-refractivity contribution in [2.75, 3.05) is 13.2 Å². The minimum Gasteiger partial charge on any atom is -0.394 e. The summed E-state index contributed by atoms with van der Waals surface area (Å²) in [4.78, 5) is 0. The Morgan fingerprint density at radius 2 is 2.00 bits per heavy atom. The molecule has 0 aromatic heterocycles. The number of hydrogen-bond donors (Lipinski definition) is 2. The number of alkyl halides is 3. The van der Waals surface area contributed by atoms with Gasteiger partial charge in [0.25, 0.3) is 0 Å². The molecule has 0 unspecified atom stereocenters. The summed E-state index contributed by atoms with van der Waals surface area (Å²) in [6, 6.07) is 0. The van der Waals surface area contributed by atoms with Gasteiger partial charge in [-0.25, -0.2) is 0 Å². The second kappa shape index (κ2) is 3.46. The smallest absolute Gasteiger partial charge is 0.394 e. The molecule has 1 rings (SSSR count). The molecule has 0 aromatic carbocycles. The lowest BCUT2D eigenvalue weighted by molar-refractivity contribution is -0.134. The highest BCUT2D eigenvalue weighted by Crippen LogP contribution is 2.37. The van der Waals surface area contributed by atoms with Gasteiger partial charge in [0.15, 0.2) is 0 Å². The lowest BCUT2D eigenvalue weighted by Crippen LogP contribution is -2.59. The van der Waals surface area contributed by atoms with E-state index in [4.69, 9.17) is 5.11 Å². The van der Waals surface area contributed by atoms with E-state index in [0.717, 1.165) is 0 Å². The number of aliphatic hydroxyl groups is 1. The molecule has 13 heavy (non-hydrogen) atoms. The summed E-state index contributed by atoms with van der Waals surface area (Å²) >= 11 is 0. The number of hydrogen-bond acceptors (Lipinski definition) is 2. The molecule has 1 aliphatic rings. The maximum atomic E-state index is 11.8. The van der Waals surface area contributed by atoms with Gasteiger partial charge in [0.1, 0.15) is 0 Å². The molecular weight excluding hydrogens is 183 g/mol. The van der Waals surface area contributed by atoms with Crippen molar-refractivity contribution in [3.05, 3.63) is 0 Å². The number of aliphatic hydroxyl groups excluding tert-OH is 1. The van der Waals surface area contributed by atoms with Crippen LogP contribution in [0.25, 0.3) is 0 Å². The Balaban J connectivity index is 2.34. The molecule has 0 heterocycles. The van der Waals surface area contributed by atoms with Gasteiger partial charge in [-0.05, 0) is 18.8 Å². The standard InChI is InChI=1S/C8H14F3NO/c1-6-2-7(3-6,5-13)12-4-8(9,10)11/h6,12-13H,2-5H2,1H3. The third-order valence-electron chi connectivity index (χ3n) is 2.44. The Morgan fingerprint density at radius 1 is 1.46 bits per heavy atom. The van der Waals surface area contributed by atoms with E-state index in [1.165, 1.54) is 0 Å². The average molecular weight is 197 g/mol. The van der Waals surface area contributed by atoms with E-state index in [2.05, 4.69) is 5.32 Å². The summed E-state index contributed by atoms with van der Waals surface area (Å²) in [5.74, 6) is 0.410. The minimum atomic E-state index is -4.19. The van der Waals surface area contributed by atoms with Gasteiger partial charge < -0.3 is 10.4 Å². The summed E-state index contributed by atoms with van der Waals surface area (Å²) < 4.78 is 35.5. The van der Waals surface area contributed by atoms with E-state index in [-0.39, 0.29) is 6.61 Å². The Hall–Kier alpha value is -0.290. The Labute approximate surface area is 75.1 Å². The Morgan fingerprint density at radius 3 is 2.31 bits per heavy atom. The zero-order valence-electron chi connectivity index (χ0n) is 7.49. The fourth-order valence-corrected chi connectivity index (χ4v) is 1.89. The minimum absolute atomic E-state index is 0.215. The van der Waals surface area contributed by atoms with E-state index >= 15 is 0 Å². The first-order valence-electron chi connectivity index (χ1n) is 4.29. The maximum absolute atomic E-state index is 11.8. The first-order valence-corrected chi connectivity index (χ1v) is 4.29. The van der Waals surface area contributed by atoms with E-state index < -0.39 is 18.3 Å². The molecule has 1 fully saturated rings. The molecule has 5 heteroatoms. The van der Waals surface area contributed by atoms with Crippen molar-refractivity contribution in [3.8, 4) is 0 Å². The van der Waals surface area contributed by atoms with Crippen LogP contribution in [0.15, 0.2) is 0 Å². The monoisotopic (exact) mass is 197 g/mol. The highest BCUT2D eigenvalue weighted by molar-refractivity contribution is 4.99. The molecule has 2 N–H and O–H groups in total. The lowest BCUT2D eigenvalue weighted by atomic mass is 9.69. The summed E-state index contributed by atoms with van der Waals surface area (Å²) in [5.41, 5.74) is -0.672. The number of halogens is 3. The van der Waals surface area contributed by atoms with Gasteiger partial charge in [0.05, 0.1) is 13.2 Å². The maximum Gasteiger partial charge on any atom is 0.401 e. The van der Waals surface area contributed by atoms with E-state index in [1.54, 1.807) is 0 Å². The fraction of sp³-hybridized carbons (Fsp3) is 1.00. The fourth-order valence-electron chi connectivity index (χ4n) is 1.89. The van der Waals surface area contributed by atoms with Crippen LogP contribution in [0.3, 0.4) is 0 Å². The molecule has 0 saturated heterocycles. The van der Waals surface area contributed by atoms with Crippen LogP contribution in [0.4, 0.5) is 13.2 Å². The van der Waals surface area contributed by atoms with Crippen LogP contribution in [0.5, 0.6) is 0 Å². The zero-order chi connectivity index (χ0) is 10.1. The highest BCUT2D eigenvalue weighted by atomic mass is 19.4. The van der Waals surface area contributed by atoms with Crippen LogP contribution in [-0.4, -0.2) is 30.0 Å². The Kier molecular flexibility index (Phi) is 2.87. The molecule has 0 aromatic rings. The van der Waals surface area contributed by atoms with Crippen LogP contribution in [0.1, 0.15) is 19.8 Å². The van der Waals surface area contributed by atoms with E-state index in [9.17, 15) is 13.2 Å². The summed E-state index contributed by atoms with van der Waals surface area (Å²) in [6.07, 6.45) is -2.94. The van der Waals surface area contributed by atoms with E-state index in [0.29, 0.717) is 18.8 Å². The molecule has 1 saturated carbocycles. The van der Waals surface area contributed by atoms with Crippen molar-refractivity contribution in [2.45, 2.75) is 31.5 Å². The van der Waals surface area contributed by atoms with Crippen LogP contribution in [0.2, 0.25) is 0 Å². The molecule has 0 aliphatic heterocycles. The van der Waals surface area contributed by atoms with Gasteiger partial charge >= 0.3 is 6.18 Å². The molecule has 0 bridgehead atoms. The van der Waals surface area contributed by atoms with Crippen molar-refractivity contribution >= 4 is 0 Å². The number of rotatable bonds is 3. The van der Waals surface area contributed by atoms with Gasteiger partial charge in [0, 0.05) is 5.54 Å². The van der Waals surface area contributed by atoms with Gasteiger partial charge in [-0.15, -0.1) is 0 Å². The number of nitrogens with one attached hydrogen (secondary N) is 1. The quantitative estimate of drug-likeness (QED) is 0.714. The second-order valence-corrected chi connectivity index (χ2v) is 3.92. The molecule has 78 valence electrons. The van der Waals surface area contributed by atoms with Gasteiger partial charge in [-0.1, -0.05) is 6.92 Å². The molecule has 0 radical (unpaired) electrons. The second-order valence-electron chi connectivity index (χ2n) is 3.92. The van der Waals surface area contributed by atoms with Crippen LogP contribution in [-0.2, 0) is 0 Å². The largest absolute Gasteiger partial charge is 0.401 e. The van der Waals surface area contributed by atoms with Crippen molar-refractivity contribution in [3.63, 3.8) is 0 Å².